The predicted molar refractivity (Wildman–Crippen MR) is 117 cm³/mol. The maximum atomic E-state index is 4.70. The Morgan fingerprint density at radius 3 is 2.29 bits per heavy atom. The molecule has 1 aromatic heterocycles. The summed E-state index contributed by atoms with van der Waals surface area (Å²) in [4.78, 5) is 14.1. The fourth-order valence-electron chi connectivity index (χ4n) is 3.70. The van der Waals surface area contributed by atoms with Crippen LogP contribution in [0.3, 0.4) is 0 Å². The van der Waals surface area contributed by atoms with Crippen LogP contribution in [-0.2, 0) is 6.42 Å². The molecule has 1 aliphatic rings. The zero-order valence-electron chi connectivity index (χ0n) is 16.6. The van der Waals surface area contributed by atoms with E-state index in [9.17, 15) is 0 Å². The first kappa shape index (κ1) is 18.3. The summed E-state index contributed by atoms with van der Waals surface area (Å²) in [6.45, 7) is 8.03. The molecule has 0 bridgehead atoms. The van der Waals surface area contributed by atoms with E-state index < -0.39 is 0 Å². The molecule has 4 rings (SSSR count). The van der Waals surface area contributed by atoms with Gasteiger partial charge in [-0.3, -0.25) is 0 Å². The minimum Gasteiger partial charge on any atom is -0.368 e. The number of piperazine rings is 1. The molecular weight excluding hydrogens is 346 g/mol. The first-order chi connectivity index (χ1) is 13.7. The minimum atomic E-state index is 0.791. The van der Waals surface area contributed by atoms with Crippen molar-refractivity contribution in [2.24, 2.45) is 0 Å². The number of para-hydroxylation sites is 2. The van der Waals surface area contributed by atoms with Crippen LogP contribution in [0.2, 0.25) is 0 Å². The van der Waals surface area contributed by atoms with E-state index >= 15 is 0 Å². The summed E-state index contributed by atoms with van der Waals surface area (Å²) in [6.07, 6.45) is 0.988. The molecule has 1 aliphatic heterocycles. The van der Waals surface area contributed by atoms with Gasteiger partial charge in [0, 0.05) is 43.6 Å². The Morgan fingerprint density at radius 1 is 0.857 bits per heavy atom. The van der Waals surface area contributed by atoms with E-state index in [2.05, 4.69) is 87.7 Å². The molecule has 5 nitrogen and oxygen atoms in total. The molecule has 0 atom stereocenters. The number of hydrogen-bond acceptors (Lipinski definition) is 5. The van der Waals surface area contributed by atoms with Gasteiger partial charge in [0.15, 0.2) is 0 Å². The number of nitrogens with one attached hydrogen (secondary N) is 1. The van der Waals surface area contributed by atoms with Crippen molar-refractivity contribution in [3.8, 4) is 0 Å². The summed E-state index contributed by atoms with van der Waals surface area (Å²) < 4.78 is 0. The molecule has 0 radical (unpaired) electrons. The summed E-state index contributed by atoms with van der Waals surface area (Å²) in [5.41, 5.74) is 3.69. The number of nitrogens with zero attached hydrogens (tertiary/aromatic N) is 4. The maximum Gasteiger partial charge on any atom is 0.136 e. The Morgan fingerprint density at radius 2 is 1.54 bits per heavy atom. The van der Waals surface area contributed by atoms with Crippen molar-refractivity contribution >= 4 is 23.0 Å². The van der Waals surface area contributed by atoms with Gasteiger partial charge in [-0.05, 0) is 37.1 Å². The zero-order valence-corrected chi connectivity index (χ0v) is 16.6. The first-order valence-electron chi connectivity index (χ1n) is 9.98. The van der Waals surface area contributed by atoms with Gasteiger partial charge in [-0.15, -0.1) is 0 Å². The van der Waals surface area contributed by atoms with Gasteiger partial charge in [0.1, 0.15) is 17.5 Å². The van der Waals surface area contributed by atoms with Crippen molar-refractivity contribution in [2.45, 2.75) is 20.3 Å². The Balaban J connectivity index is 1.49. The van der Waals surface area contributed by atoms with Crippen LogP contribution in [-0.4, -0.2) is 36.1 Å². The van der Waals surface area contributed by atoms with Gasteiger partial charge < -0.3 is 15.1 Å². The molecule has 0 amide bonds. The van der Waals surface area contributed by atoms with E-state index in [0.29, 0.717) is 0 Å². The molecule has 0 saturated carbocycles. The number of anilines is 4. The predicted octanol–water partition coefficient (Wildman–Crippen LogP) is 4.42. The lowest BCUT2D eigenvalue weighted by Gasteiger charge is -2.36. The fraction of sp³-hybridized carbons (Fsp3) is 0.304. The molecule has 2 heterocycles. The van der Waals surface area contributed by atoms with E-state index in [0.717, 1.165) is 55.7 Å². The summed E-state index contributed by atoms with van der Waals surface area (Å²) in [5, 5.41) is 3.49. The third-order valence-electron chi connectivity index (χ3n) is 5.21. The van der Waals surface area contributed by atoms with Crippen LogP contribution in [0.1, 0.15) is 18.3 Å². The van der Waals surface area contributed by atoms with Crippen LogP contribution in [0.25, 0.3) is 0 Å². The highest BCUT2D eigenvalue weighted by Crippen LogP contribution is 2.24. The molecule has 144 valence electrons. The second-order valence-corrected chi connectivity index (χ2v) is 7.10. The number of hydrogen-bond donors (Lipinski definition) is 1. The van der Waals surface area contributed by atoms with Crippen LogP contribution >= 0.6 is 0 Å². The van der Waals surface area contributed by atoms with E-state index in [1.165, 1.54) is 11.3 Å². The lowest BCUT2D eigenvalue weighted by molar-refractivity contribution is 0.646. The lowest BCUT2D eigenvalue weighted by atomic mass is 10.1. The van der Waals surface area contributed by atoms with Gasteiger partial charge in [0.05, 0.1) is 0 Å². The Hall–Kier alpha value is -3.08. The fourth-order valence-corrected chi connectivity index (χ4v) is 3.70. The first-order valence-corrected chi connectivity index (χ1v) is 9.98. The minimum absolute atomic E-state index is 0.791. The number of rotatable bonds is 5. The SMILES string of the molecule is CCc1ccccc1Nc1cc(N2CCN(c3ccccc3)CC2)nc(C)n1. The summed E-state index contributed by atoms with van der Waals surface area (Å²) in [5.74, 6) is 2.64. The molecule has 0 unspecified atom stereocenters. The Labute approximate surface area is 167 Å². The molecular formula is C23H27N5. The van der Waals surface area contributed by atoms with Gasteiger partial charge in [0.25, 0.3) is 0 Å². The molecule has 1 N–H and O–H groups in total. The van der Waals surface area contributed by atoms with Crippen molar-refractivity contribution in [3.05, 3.63) is 72.1 Å². The second-order valence-electron chi connectivity index (χ2n) is 7.10. The van der Waals surface area contributed by atoms with Crippen LogP contribution in [0, 0.1) is 6.92 Å². The zero-order chi connectivity index (χ0) is 19.3. The highest BCUT2D eigenvalue weighted by Gasteiger charge is 2.19. The van der Waals surface area contributed by atoms with Crippen molar-refractivity contribution < 1.29 is 0 Å². The van der Waals surface area contributed by atoms with Crippen molar-refractivity contribution in [1.29, 1.82) is 0 Å². The smallest absolute Gasteiger partial charge is 0.136 e. The molecule has 2 aromatic carbocycles. The van der Waals surface area contributed by atoms with E-state index in [-0.39, 0.29) is 0 Å². The summed E-state index contributed by atoms with van der Waals surface area (Å²) in [7, 11) is 0. The van der Waals surface area contributed by atoms with Gasteiger partial charge >= 0.3 is 0 Å². The summed E-state index contributed by atoms with van der Waals surface area (Å²) in [6, 6.07) is 21.1. The third kappa shape index (κ3) is 4.09. The molecule has 5 heteroatoms. The average molecular weight is 374 g/mol. The van der Waals surface area contributed by atoms with Crippen LogP contribution in [0.5, 0.6) is 0 Å². The van der Waals surface area contributed by atoms with Crippen LogP contribution in [0.15, 0.2) is 60.7 Å². The average Bonchev–Trinajstić information content (AvgIpc) is 2.74. The van der Waals surface area contributed by atoms with Gasteiger partial charge in [-0.1, -0.05) is 43.3 Å². The largest absolute Gasteiger partial charge is 0.368 e. The van der Waals surface area contributed by atoms with Crippen molar-refractivity contribution in [2.75, 3.05) is 41.3 Å². The van der Waals surface area contributed by atoms with Gasteiger partial charge in [-0.25, -0.2) is 9.97 Å². The van der Waals surface area contributed by atoms with Gasteiger partial charge in [0.2, 0.25) is 0 Å². The third-order valence-corrected chi connectivity index (χ3v) is 5.21. The highest BCUT2D eigenvalue weighted by atomic mass is 15.3. The molecule has 28 heavy (non-hydrogen) atoms. The van der Waals surface area contributed by atoms with Crippen molar-refractivity contribution in [1.82, 2.24) is 9.97 Å². The van der Waals surface area contributed by atoms with Gasteiger partial charge in [-0.2, -0.15) is 0 Å². The van der Waals surface area contributed by atoms with Crippen LogP contribution < -0.4 is 15.1 Å². The van der Waals surface area contributed by atoms with E-state index in [1.807, 2.05) is 6.92 Å². The quantitative estimate of drug-likeness (QED) is 0.717. The number of aromatic nitrogens is 2. The standard InChI is InChI=1S/C23H27N5/c1-3-19-9-7-8-12-21(19)26-22-17-23(25-18(2)24-22)28-15-13-27(14-16-28)20-10-5-4-6-11-20/h4-12,17H,3,13-16H2,1-2H3,(H,24,25,26). The van der Waals surface area contributed by atoms with E-state index in [4.69, 9.17) is 4.98 Å². The van der Waals surface area contributed by atoms with E-state index in [1.54, 1.807) is 0 Å². The monoisotopic (exact) mass is 373 g/mol. The molecule has 0 spiro atoms. The van der Waals surface area contributed by atoms with Crippen LogP contribution in [0.4, 0.5) is 23.0 Å². The lowest BCUT2D eigenvalue weighted by Crippen LogP contribution is -2.46. The Kier molecular flexibility index (Phi) is 5.42. The molecule has 1 saturated heterocycles. The van der Waals surface area contributed by atoms with Crippen molar-refractivity contribution in [3.63, 3.8) is 0 Å². The molecule has 3 aromatic rings. The number of aryl methyl sites for hydroxylation is 2. The topological polar surface area (TPSA) is 44.3 Å². The Bertz CT molecular complexity index is 917. The molecule has 0 aliphatic carbocycles. The summed E-state index contributed by atoms with van der Waals surface area (Å²) >= 11 is 0. The second kappa shape index (κ2) is 8.30. The highest BCUT2D eigenvalue weighted by molar-refractivity contribution is 5.63. The molecule has 1 fully saturated rings. The number of benzene rings is 2. The maximum absolute atomic E-state index is 4.70. The normalized spacial score (nSPS) is 14.2.